The molecule has 2 heterocycles. The van der Waals surface area contributed by atoms with Crippen molar-refractivity contribution in [2.24, 2.45) is 0 Å². The minimum Gasteiger partial charge on any atom is -0.378 e. The molecule has 5 heteroatoms. The van der Waals surface area contributed by atoms with Crippen molar-refractivity contribution >= 4 is 17.3 Å². The van der Waals surface area contributed by atoms with Crippen LogP contribution in [0.1, 0.15) is 18.7 Å². The molecular weight excluding hydrogens is 302 g/mol. The van der Waals surface area contributed by atoms with Gasteiger partial charge in [-0.15, -0.1) is 0 Å². The number of benzene rings is 1. The Morgan fingerprint density at radius 3 is 2.54 bits per heavy atom. The normalized spacial score (nSPS) is 15.8. The lowest BCUT2D eigenvalue weighted by atomic mass is 10.2. The maximum absolute atomic E-state index is 12.5. The molecule has 1 atom stereocenters. The Bertz CT molecular complexity index is 694. The maximum atomic E-state index is 12.5. The van der Waals surface area contributed by atoms with Crippen LogP contribution in [0.25, 0.3) is 0 Å². The van der Waals surface area contributed by atoms with E-state index in [1.54, 1.807) is 0 Å². The highest BCUT2D eigenvalue weighted by Gasteiger charge is 2.23. The Morgan fingerprint density at radius 2 is 1.88 bits per heavy atom. The highest BCUT2D eigenvalue weighted by Crippen LogP contribution is 2.19. The maximum Gasteiger partial charge on any atom is 0.293 e. The summed E-state index contributed by atoms with van der Waals surface area (Å²) in [6.45, 7) is 7.26. The van der Waals surface area contributed by atoms with Crippen LogP contribution in [0.2, 0.25) is 0 Å². The topological polar surface area (TPSA) is 45.5 Å². The van der Waals surface area contributed by atoms with Gasteiger partial charge in [-0.1, -0.05) is 6.07 Å². The molecule has 1 N–H and O–H groups in total. The van der Waals surface area contributed by atoms with Gasteiger partial charge in [0, 0.05) is 50.4 Å². The van der Waals surface area contributed by atoms with Gasteiger partial charge in [0.05, 0.1) is 13.2 Å². The number of anilines is 2. The number of ether oxygens (including phenoxy) is 1. The van der Waals surface area contributed by atoms with E-state index in [4.69, 9.17) is 4.74 Å². The van der Waals surface area contributed by atoms with Gasteiger partial charge in [-0.2, -0.15) is 4.57 Å². The van der Waals surface area contributed by atoms with Crippen LogP contribution in [0.5, 0.6) is 0 Å². The predicted molar refractivity (Wildman–Crippen MR) is 94.2 cm³/mol. The molecule has 1 aromatic heterocycles. The van der Waals surface area contributed by atoms with Crippen LogP contribution in [0.4, 0.5) is 11.4 Å². The summed E-state index contributed by atoms with van der Waals surface area (Å²) in [6.07, 6.45) is 1.93. The van der Waals surface area contributed by atoms with Crippen molar-refractivity contribution in [2.45, 2.75) is 19.9 Å². The number of aromatic nitrogens is 1. The van der Waals surface area contributed by atoms with E-state index in [0.29, 0.717) is 0 Å². The number of rotatable bonds is 4. The first-order valence-corrected chi connectivity index (χ1v) is 8.35. The summed E-state index contributed by atoms with van der Waals surface area (Å²) in [4.78, 5) is 14.8. The van der Waals surface area contributed by atoms with Gasteiger partial charge in [0.2, 0.25) is 6.04 Å². The Kier molecular flexibility index (Phi) is 5.11. The number of amides is 1. The van der Waals surface area contributed by atoms with E-state index in [-0.39, 0.29) is 11.9 Å². The molecule has 1 aliphatic heterocycles. The molecule has 0 saturated carbocycles. The van der Waals surface area contributed by atoms with Crippen molar-refractivity contribution < 1.29 is 14.1 Å². The molecule has 0 aliphatic carbocycles. The zero-order valence-electron chi connectivity index (χ0n) is 14.2. The summed E-state index contributed by atoms with van der Waals surface area (Å²) in [6, 6.07) is 13.7. The molecule has 2 aromatic rings. The Balaban J connectivity index is 1.65. The molecule has 5 nitrogen and oxygen atoms in total. The fourth-order valence-corrected chi connectivity index (χ4v) is 2.93. The highest BCUT2D eigenvalue weighted by atomic mass is 16.5. The van der Waals surface area contributed by atoms with Crippen LogP contribution in [0, 0.1) is 6.92 Å². The van der Waals surface area contributed by atoms with Crippen molar-refractivity contribution in [3.63, 3.8) is 0 Å². The number of pyridine rings is 1. The average molecular weight is 326 g/mol. The van der Waals surface area contributed by atoms with E-state index in [0.717, 1.165) is 43.4 Å². The summed E-state index contributed by atoms with van der Waals surface area (Å²) in [5, 5.41) is 2.99. The monoisotopic (exact) mass is 326 g/mol. The van der Waals surface area contributed by atoms with Crippen molar-refractivity contribution in [1.82, 2.24) is 0 Å². The van der Waals surface area contributed by atoms with E-state index < -0.39 is 0 Å². The predicted octanol–water partition coefficient (Wildman–Crippen LogP) is 2.32. The fraction of sp³-hybridized carbons (Fsp3) is 0.368. The van der Waals surface area contributed by atoms with Crippen LogP contribution in [-0.4, -0.2) is 32.2 Å². The number of nitrogens with one attached hydrogen (secondary N) is 1. The third kappa shape index (κ3) is 3.74. The highest BCUT2D eigenvalue weighted by molar-refractivity contribution is 5.92. The van der Waals surface area contributed by atoms with Gasteiger partial charge in [0.1, 0.15) is 0 Å². The van der Waals surface area contributed by atoms with E-state index in [2.05, 4.69) is 10.2 Å². The second kappa shape index (κ2) is 7.45. The molecule has 1 aromatic carbocycles. The smallest absolute Gasteiger partial charge is 0.293 e. The van der Waals surface area contributed by atoms with E-state index >= 15 is 0 Å². The quantitative estimate of drug-likeness (QED) is 0.877. The van der Waals surface area contributed by atoms with Gasteiger partial charge >= 0.3 is 0 Å². The minimum absolute atomic E-state index is 0.0200. The molecule has 1 aliphatic rings. The molecule has 0 spiro atoms. The van der Waals surface area contributed by atoms with E-state index in [9.17, 15) is 4.79 Å². The van der Waals surface area contributed by atoms with Gasteiger partial charge in [-0.05, 0) is 24.3 Å². The Labute approximate surface area is 142 Å². The number of aryl methyl sites for hydroxylation is 1. The van der Waals surface area contributed by atoms with Gasteiger partial charge in [-0.25, -0.2) is 0 Å². The van der Waals surface area contributed by atoms with Crippen LogP contribution in [0.15, 0.2) is 48.7 Å². The van der Waals surface area contributed by atoms with Crippen LogP contribution >= 0.6 is 0 Å². The molecule has 1 saturated heterocycles. The molecule has 0 bridgehead atoms. The summed E-state index contributed by atoms with van der Waals surface area (Å²) in [5.41, 5.74) is 3.04. The second-order valence-corrected chi connectivity index (χ2v) is 6.06. The third-order valence-corrected chi connectivity index (χ3v) is 4.41. The summed E-state index contributed by atoms with van der Waals surface area (Å²) in [5.74, 6) is -0.0200. The summed E-state index contributed by atoms with van der Waals surface area (Å²) < 4.78 is 7.34. The number of carbonyl (C=O) groups excluding carboxylic acids is 1. The van der Waals surface area contributed by atoms with Crippen molar-refractivity contribution in [3.8, 4) is 0 Å². The van der Waals surface area contributed by atoms with E-state index in [1.807, 2.05) is 67.1 Å². The third-order valence-electron chi connectivity index (χ3n) is 4.41. The zero-order chi connectivity index (χ0) is 16.9. The van der Waals surface area contributed by atoms with Gasteiger partial charge < -0.3 is 15.0 Å². The minimum atomic E-state index is -0.259. The second-order valence-electron chi connectivity index (χ2n) is 6.06. The summed E-state index contributed by atoms with van der Waals surface area (Å²) >= 11 is 0. The molecule has 1 fully saturated rings. The molecule has 0 unspecified atom stereocenters. The van der Waals surface area contributed by atoms with Crippen molar-refractivity contribution in [1.29, 1.82) is 0 Å². The van der Waals surface area contributed by atoms with E-state index in [1.165, 1.54) is 0 Å². The molecular formula is C19H24N3O2+. The first kappa shape index (κ1) is 16.5. The number of nitrogens with zero attached hydrogens (tertiary/aromatic N) is 2. The molecule has 0 radical (unpaired) electrons. The van der Waals surface area contributed by atoms with Crippen LogP contribution in [-0.2, 0) is 9.53 Å². The molecule has 1 amide bonds. The lowest BCUT2D eigenvalue weighted by molar-refractivity contribution is -0.711. The van der Waals surface area contributed by atoms with Crippen molar-refractivity contribution in [2.75, 3.05) is 36.5 Å². The average Bonchev–Trinajstić information content (AvgIpc) is 2.63. The number of hydrogen-bond acceptors (Lipinski definition) is 3. The lowest BCUT2D eigenvalue weighted by Crippen LogP contribution is -2.46. The fourth-order valence-electron chi connectivity index (χ4n) is 2.93. The first-order valence-electron chi connectivity index (χ1n) is 8.35. The Hall–Kier alpha value is -2.40. The zero-order valence-corrected chi connectivity index (χ0v) is 14.2. The van der Waals surface area contributed by atoms with Crippen LogP contribution in [0.3, 0.4) is 0 Å². The van der Waals surface area contributed by atoms with Crippen molar-refractivity contribution in [3.05, 3.63) is 54.4 Å². The summed E-state index contributed by atoms with van der Waals surface area (Å²) in [7, 11) is 0. The number of hydrogen-bond donors (Lipinski definition) is 1. The lowest BCUT2D eigenvalue weighted by Gasteiger charge is -2.28. The number of carbonyl (C=O) groups is 1. The molecule has 126 valence electrons. The SMILES string of the molecule is Cc1cccc[n+]1[C@@H](C)C(=O)Nc1ccc(N2CCOCC2)cc1. The van der Waals surface area contributed by atoms with Gasteiger partial charge in [0.15, 0.2) is 11.9 Å². The van der Waals surface area contributed by atoms with Gasteiger partial charge in [0.25, 0.3) is 5.91 Å². The number of morpholine rings is 1. The molecule has 3 rings (SSSR count). The van der Waals surface area contributed by atoms with Crippen LogP contribution < -0.4 is 14.8 Å². The molecule has 24 heavy (non-hydrogen) atoms. The standard InChI is InChI=1S/C19H23N3O2/c1-15-5-3-4-10-22(15)16(2)19(23)20-17-6-8-18(9-7-17)21-11-13-24-14-12-21/h3-10,16H,11-14H2,1-2H3/p+1/t16-/m0/s1. The largest absolute Gasteiger partial charge is 0.378 e. The van der Waals surface area contributed by atoms with Gasteiger partial charge in [-0.3, -0.25) is 4.79 Å². The first-order chi connectivity index (χ1) is 11.6. The Morgan fingerprint density at radius 1 is 1.17 bits per heavy atom.